The van der Waals surface area contributed by atoms with Crippen molar-refractivity contribution in [1.82, 2.24) is 10.3 Å². The van der Waals surface area contributed by atoms with E-state index < -0.39 is 0 Å². The summed E-state index contributed by atoms with van der Waals surface area (Å²) in [4.78, 5) is 14.0. The predicted octanol–water partition coefficient (Wildman–Crippen LogP) is 3.05. The summed E-state index contributed by atoms with van der Waals surface area (Å²) in [6, 6.07) is 8.09. The molecular formula is C20H29N3O2. The first-order valence-corrected chi connectivity index (χ1v) is 9.56. The predicted molar refractivity (Wildman–Crippen MR) is 99.9 cm³/mol. The average molecular weight is 343 g/mol. The Morgan fingerprint density at radius 1 is 1.16 bits per heavy atom. The minimum absolute atomic E-state index is 0.0637. The summed E-state index contributed by atoms with van der Waals surface area (Å²) in [6.07, 6.45) is 4.48. The van der Waals surface area contributed by atoms with Crippen LogP contribution in [0.3, 0.4) is 0 Å². The van der Waals surface area contributed by atoms with Gasteiger partial charge in [-0.05, 0) is 62.2 Å². The van der Waals surface area contributed by atoms with Crippen molar-refractivity contribution in [3.05, 3.63) is 29.8 Å². The van der Waals surface area contributed by atoms with E-state index in [1.54, 1.807) is 0 Å². The molecule has 1 aromatic carbocycles. The van der Waals surface area contributed by atoms with Crippen molar-refractivity contribution >= 4 is 11.6 Å². The number of nitrogens with zero attached hydrogens (tertiary/aromatic N) is 2. The highest BCUT2D eigenvalue weighted by Gasteiger charge is 2.49. The van der Waals surface area contributed by atoms with Gasteiger partial charge in [0, 0.05) is 18.4 Å². The number of amides is 1. The first-order valence-electron chi connectivity index (χ1n) is 9.56. The quantitative estimate of drug-likeness (QED) is 0.664. The fourth-order valence-electron chi connectivity index (χ4n) is 3.36. The fraction of sp³-hybridized carbons (Fsp3) is 0.600. The Bertz CT molecular complexity index is 612. The van der Waals surface area contributed by atoms with Crippen molar-refractivity contribution in [3.8, 4) is 5.75 Å². The number of hydrogen-bond acceptors (Lipinski definition) is 4. The van der Waals surface area contributed by atoms with Gasteiger partial charge >= 0.3 is 0 Å². The van der Waals surface area contributed by atoms with Crippen molar-refractivity contribution in [2.75, 3.05) is 26.2 Å². The van der Waals surface area contributed by atoms with Gasteiger partial charge in [0.25, 0.3) is 0 Å². The van der Waals surface area contributed by atoms with E-state index in [0.717, 1.165) is 49.6 Å². The lowest BCUT2D eigenvalue weighted by Crippen LogP contribution is -2.28. The van der Waals surface area contributed by atoms with E-state index in [1.165, 1.54) is 19.4 Å². The summed E-state index contributed by atoms with van der Waals surface area (Å²) in [7, 11) is 0. The molecule has 5 heteroatoms. The number of carbonyl (C=O) groups excluding carboxylic acids is 1. The summed E-state index contributed by atoms with van der Waals surface area (Å²) in [6.45, 7) is 8.57. The first-order chi connectivity index (χ1) is 12.2. The zero-order valence-corrected chi connectivity index (χ0v) is 15.3. The van der Waals surface area contributed by atoms with Gasteiger partial charge in [0.1, 0.15) is 5.75 Å². The number of hydrogen-bond donors (Lipinski definition) is 1. The second-order valence-corrected chi connectivity index (χ2v) is 6.94. The van der Waals surface area contributed by atoms with Crippen LogP contribution in [0.2, 0.25) is 0 Å². The fourth-order valence-corrected chi connectivity index (χ4v) is 3.36. The van der Waals surface area contributed by atoms with E-state index in [0.29, 0.717) is 5.92 Å². The maximum atomic E-state index is 11.5. The maximum absolute atomic E-state index is 11.5. The monoisotopic (exact) mass is 343 g/mol. The van der Waals surface area contributed by atoms with Gasteiger partial charge in [-0.3, -0.25) is 4.79 Å². The maximum Gasteiger partial charge on any atom is 0.243 e. The summed E-state index contributed by atoms with van der Waals surface area (Å²) >= 11 is 0. The number of carbonyl (C=O) groups is 1. The third kappa shape index (κ3) is 4.60. The lowest BCUT2D eigenvalue weighted by atomic mass is 10.0. The van der Waals surface area contributed by atoms with Crippen LogP contribution in [-0.4, -0.2) is 42.8 Å². The Morgan fingerprint density at radius 3 is 2.64 bits per heavy atom. The van der Waals surface area contributed by atoms with Gasteiger partial charge in [-0.25, -0.2) is 5.43 Å². The molecule has 1 saturated carbocycles. The molecule has 1 amide bonds. The van der Waals surface area contributed by atoms with Gasteiger partial charge < -0.3 is 9.64 Å². The third-order valence-electron chi connectivity index (χ3n) is 5.08. The SMILES string of the molecule is CCCCN(CC)CCCOc1ccc(C2=NNC(=O)C3CC23)cc1. The minimum atomic E-state index is 0.0637. The molecule has 1 aliphatic carbocycles. The number of ether oxygens (including phenoxy) is 1. The van der Waals surface area contributed by atoms with Crippen molar-refractivity contribution in [2.45, 2.75) is 39.5 Å². The Morgan fingerprint density at radius 2 is 1.92 bits per heavy atom. The number of fused-ring (bicyclic) bond motifs is 1. The molecule has 1 fully saturated rings. The Labute approximate surface area is 150 Å². The van der Waals surface area contributed by atoms with Crippen LogP contribution in [0.25, 0.3) is 0 Å². The second kappa shape index (κ2) is 8.48. The molecule has 2 atom stereocenters. The van der Waals surface area contributed by atoms with E-state index in [9.17, 15) is 4.79 Å². The molecule has 25 heavy (non-hydrogen) atoms. The van der Waals surface area contributed by atoms with Crippen LogP contribution in [0.4, 0.5) is 0 Å². The van der Waals surface area contributed by atoms with Crippen LogP contribution in [0, 0.1) is 11.8 Å². The molecule has 1 N–H and O–H groups in total. The van der Waals surface area contributed by atoms with Crippen molar-refractivity contribution in [3.63, 3.8) is 0 Å². The Kier molecular flexibility index (Phi) is 6.08. The molecule has 0 aromatic heterocycles. The van der Waals surface area contributed by atoms with Gasteiger partial charge in [0.15, 0.2) is 0 Å². The van der Waals surface area contributed by atoms with E-state index >= 15 is 0 Å². The summed E-state index contributed by atoms with van der Waals surface area (Å²) in [5.41, 5.74) is 4.71. The zero-order valence-electron chi connectivity index (χ0n) is 15.3. The van der Waals surface area contributed by atoms with E-state index in [2.05, 4.69) is 29.3 Å². The van der Waals surface area contributed by atoms with Gasteiger partial charge in [-0.2, -0.15) is 5.10 Å². The molecule has 136 valence electrons. The van der Waals surface area contributed by atoms with Gasteiger partial charge in [-0.1, -0.05) is 20.3 Å². The molecule has 1 heterocycles. The molecule has 1 aromatic rings. The summed E-state index contributed by atoms with van der Waals surface area (Å²) < 4.78 is 5.87. The standard InChI is InChI=1S/C20H29N3O2/c1-3-5-11-23(4-2)12-6-13-25-16-9-7-15(8-10-16)19-17-14-18(17)20(24)22-21-19/h7-10,17-18H,3-6,11-14H2,1-2H3,(H,22,24). The molecule has 2 aliphatic rings. The second-order valence-electron chi connectivity index (χ2n) is 6.94. The van der Waals surface area contributed by atoms with Crippen LogP contribution in [0.5, 0.6) is 5.75 Å². The summed E-state index contributed by atoms with van der Waals surface area (Å²) in [5.74, 6) is 1.41. The number of benzene rings is 1. The van der Waals surface area contributed by atoms with Crippen LogP contribution in [0.15, 0.2) is 29.4 Å². The Hall–Kier alpha value is -1.88. The zero-order chi connectivity index (χ0) is 17.6. The van der Waals surface area contributed by atoms with Crippen LogP contribution in [-0.2, 0) is 4.79 Å². The topological polar surface area (TPSA) is 53.9 Å². The van der Waals surface area contributed by atoms with Gasteiger partial charge in [0.2, 0.25) is 5.91 Å². The number of unbranched alkanes of at least 4 members (excludes halogenated alkanes) is 1. The molecular weight excluding hydrogens is 314 g/mol. The lowest BCUT2D eigenvalue weighted by Gasteiger charge is -2.20. The van der Waals surface area contributed by atoms with E-state index in [1.807, 2.05) is 24.3 Å². The van der Waals surface area contributed by atoms with Crippen molar-refractivity contribution in [1.29, 1.82) is 0 Å². The summed E-state index contributed by atoms with van der Waals surface area (Å²) in [5, 5.41) is 4.23. The van der Waals surface area contributed by atoms with Gasteiger partial charge in [0.05, 0.1) is 12.3 Å². The first kappa shape index (κ1) is 17.9. The van der Waals surface area contributed by atoms with Crippen LogP contribution < -0.4 is 10.2 Å². The van der Waals surface area contributed by atoms with Crippen LogP contribution >= 0.6 is 0 Å². The smallest absolute Gasteiger partial charge is 0.243 e. The average Bonchev–Trinajstić information content (AvgIpc) is 3.44. The Balaban J connectivity index is 1.43. The largest absolute Gasteiger partial charge is 0.494 e. The molecule has 0 bridgehead atoms. The normalized spacial score (nSPS) is 21.6. The third-order valence-corrected chi connectivity index (χ3v) is 5.08. The molecule has 1 aliphatic heterocycles. The number of hydrazone groups is 1. The van der Waals surface area contributed by atoms with Crippen molar-refractivity contribution < 1.29 is 9.53 Å². The number of rotatable bonds is 10. The van der Waals surface area contributed by atoms with Crippen LogP contribution in [0.1, 0.15) is 45.1 Å². The highest BCUT2D eigenvalue weighted by Crippen LogP contribution is 2.43. The lowest BCUT2D eigenvalue weighted by molar-refractivity contribution is -0.122. The highest BCUT2D eigenvalue weighted by molar-refractivity contribution is 6.09. The van der Waals surface area contributed by atoms with E-state index in [-0.39, 0.29) is 11.8 Å². The molecule has 0 spiro atoms. The molecule has 0 saturated heterocycles. The highest BCUT2D eigenvalue weighted by atomic mass is 16.5. The molecule has 3 rings (SSSR count). The minimum Gasteiger partial charge on any atom is -0.494 e. The van der Waals surface area contributed by atoms with Gasteiger partial charge in [-0.15, -0.1) is 0 Å². The number of nitrogens with one attached hydrogen (secondary N) is 1. The van der Waals surface area contributed by atoms with E-state index in [4.69, 9.17) is 4.74 Å². The van der Waals surface area contributed by atoms with Crippen molar-refractivity contribution in [2.24, 2.45) is 16.9 Å². The molecule has 5 nitrogen and oxygen atoms in total. The molecule has 0 radical (unpaired) electrons. The molecule has 2 unspecified atom stereocenters.